The van der Waals surface area contributed by atoms with Gasteiger partial charge in [-0.2, -0.15) is 0 Å². The van der Waals surface area contributed by atoms with Crippen LogP contribution < -0.4 is 10.6 Å². The Hall–Kier alpha value is -0.0800. The molecule has 0 spiro atoms. The highest BCUT2D eigenvalue weighted by Gasteiger charge is 2.16. The second-order valence-electron chi connectivity index (χ2n) is 4.26. The van der Waals surface area contributed by atoms with E-state index in [1.165, 1.54) is 25.7 Å². The first-order valence-corrected chi connectivity index (χ1v) is 5.77. The molecule has 0 saturated heterocycles. The lowest BCUT2D eigenvalue weighted by molar-refractivity contribution is 0.308. The summed E-state index contributed by atoms with van der Waals surface area (Å²) in [5.74, 6) is 0.965. The van der Waals surface area contributed by atoms with Crippen LogP contribution in [0.5, 0.6) is 0 Å². The summed E-state index contributed by atoms with van der Waals surface area (Å²) in [4.78, 5) is 0. The lowest BCUT2D eigenvalue weighted by Gasteiger charge is -2.27. The Bertz CT molecular complexity index is 117. The van der Waals surface area contributed by atoms with Crippen molar-refractivity contribution in [2.75, 3.05) is 19.6 Å². The largest absolute Gasteiger partial charge is 0.316 e. The van der Waals surface area contributed by atoms with Crippen LogP contribution in [-0.4, -0.2) is 25.7 Å². The fraction of sp³-hybridized carbons (Fsp3) is 1.00. The molecule has 1 fully saturated rings. The van der Waals surface area contributed by atoms with Gasteiger partial charge in [0.1, 0.15) is 0 Å². The maximum atomic E-state index is 3.61. The summed E-state index contributed by atoms with van der Waals surface area (Å²) in [5, 5.41) is 6.95. The molecular weight excluding hydrogens is 160 g/mol. The fourth-order valence-corrected chi connectivity index (χ4v) is 2.01. The molecule has 0 amide bonds. The van der Waals surface area contributed by atoms with Crippen molar-refractivity contribution in [2.45, 2.75) is 45.6 Å². The number of rotatable bonds is 5. The summed E-state index contributed by atoms with van der Waals surface area (Å²) in [7, 11) is 0. The Morgan fingerprint density at radius 1 is 1.08 bits per heavy atom. The van der Waals surface area contributed by atoms with Gasteiger partial charge < -0.3 is 10.6 Å². The molecule has 0 bridgehead atoms. The number of hydrogen-bond donors (Lipinski definition) is 2. The molecule has 2 nitrogen and oxygen atoms in total. The van der Waals surface area contributed by atoms with E-state index in [0.717, 1.165) is 31.6 Å². The lowest BCUT2D eigenvalue weighted by Crippen LogP contribution is -2.37. The molecule has 0 aromatic carbocycles. The van der Waals surface area contributed by atoms with Crippen LogP contribution >= 0.6 is 0 Å². The van der Waals surface area contributed by atoms with Crippen LogP contribution in [0.2, 0.25) is 0 Å². The Kier molecular flexibility index (Phi) is 5.40. The molecule has 0 heterocycles. The normalized spacial score (nSPS) is 29.1. The van der Waals surface area contributed by atoms with E-state index in [9.17, 15) is 0 Å². The van der Waals surface area contributed by atoms with Gasteiger partial charge in [-0.15, -0.1) is 0 Å². The average Bonchev–Trinajstić information content (AvgIpc) is 2.15. The number of likely N-dealkylation sites (N-methyl/N-ethyl adjacent to an activating group) is 1. The monoisotopic (exact) mass is 184 g/mol. The molecule has 0 aliphatic heterocycles. The van der Waals surface area contributed by atoms with Crippen LogP contribution in [0.4, 0.5) is 0 Å². The van der Waals surface area contributed by atoms with E-state index < -0.39 is 0 Å². The van der Waals surface area contributed by atoms with Gasteiger partial charge in [0.15, 0.2) is 0 Å². The van der Waals surface area contributed by atoms with E-state index in [-0.39, 0.29) is 0 Å². The highest BCUT2D eigenvalue weighted by molar-refractivity contribution is 4.75. The third-order valence-electron chi connectivity index (χ3n) is 3.00. The predicted octanol–water partition coefficient (Wildman–Crippen LogP) is 1.76. The molecule has 1 saturated carbocycles. The van der Waals surface area contributed by atoms with Gasteiger partial charge in [0.05, 0.1) is 0 Å². The molecule has 0 unspecified atom stereocenters. The van der Waals surface area contributed by atoms with E-state index in [2.05, 4.69) is 24.5 Å². The molecule has 1 aliphatic rings. The summed E-state index contributed by atoms with van der Waals surface area (Å²) in [6.45, 7) is 7.86. The van der Waals surface area contributed by atoms with E-state index in [1.54, 1.807) is 0 Å². The first-order valence-electron chi connectivity index (χ1n) is 5.77. The molecule has 1 rings (SSSR count). The van der Waals surface area contributed by atoms with Crippen molar-refractivity contribution in [3.05, 3.63) is 0 Å². The maximum absolute atomic E-state index is 3.61. The van der Waals surface area contributed by atoms with Crippen molar-refractivity contribution in [3.8, 4) is 0 Å². The van der Waals surface area contributed by atoms with Crippen molar-refractivity contribution < 1.29 is 0 Å². The third-order valence-corrected chi connectivity index (χ3v) is 3.00. The first-order chi connectivity index (χ1) is 6.33. The predicted molar refractivity (Wildman–Crippen MR) is 58.0 cm³/mol. The zero-order valence-corrected chi connectivity index (χ0v) is 9.10. The minimum Gasteiger partial charge on any atom is -0.316 e. The highest BCUT2D eigenvalue weighted by Crippen LogP contribution is 2.22. The molecule has 78 valence electrons. The molecule has 0 aromatic rings. The van der Waals surface area contributed by atoms with Gasteiger partial charge in [-0.25, -0.2) is 0 Å². The lowest BCUT2D eigenvalue weighted by atomic mass is 9.87. The summed E-state index contributed by atoms with van der Waals surface area (Å²) in [6, 6.07) is 0.801. The zero-order valence-electron chi connectivity index (χ0n) is 9.10. The topological polar surface area (TPSA) is 24.1 Å². The van der Waals surface area contributed by atoms with Gasteiger partial charge in [0.25, 0.3) is 0 Å². The van der Waals surface area contributed by atoms with E-state index in [4.69, 9.17) is 0 Å². The minimum absolute atomic E-state index is 0.801. The quantitative estimate of drug-likeness (QED) is 0.636. The smallest absolute Gasteiger partial charge is 0.00793 e. The second-order valence-corrected chi connectivity index (χ2v) is 4.26. The third kappa shape index (κ3) is 4.63. The number of nitrogens with one attached hydrogen (secondary N) is 2. The van der Waals surface area contributed by atoms with Gasteiger partial charge in [-0.3, -0.25) is 0 Å². The van der Waals surface area contributed by atoms with Gasteiger partial charge in [-0.05, 0) is 38.1 Å². The SMILES string of the molecule is CCNCCNC1CCC(C)CC1. The summed E-state index contributed by atoms with van der Waals surface area (Å²) in [6.07, 6.45) is 5.60. The minimum atomic E-state index is 0.801. The molecule has 1 aliphatic carbocycles. The van der Waals surface area contributed by atoms with Crippen LogP contribution in [0, 0.1) is 5.92 Å². The van der Waals surface area contributed by atoms with Crippen molar-refractivity contribution in [3.63, 3.8) is 0 Å². The van der Waals surface area contributed by atoms with E-state index >= 15 is 0 Å². The van der Waals surface area contributed by atoms with Gasteiger partial charge in [0.2, 0.25) is 0 Å². The van der Waals surface area contributed by atoms with Crippen LogP contribution in [0.25, 0.3) is 0 Å². The molecule has 13 heavy (non-hydrogen) atoms. The van der Waals surface area contributed by atoms with Crippen LogP contribution in [0.1, 0.15) is 39.5 Å². The Morgan fingerprint density at radius 3 is 2.38 bits per heavy atom. The highest BCUT2D eigenvalue weighted by atomic mass is 15.0. The van der Waals surface area contributed by atoms with Gasteiger partial charge >= 0.3 is 0 Å². The standard InChI is InChI=1S/C11H24N2/c1-3-12-8-9-13-11-6-4-10(2)5-7-11/h10-13H,3-9H2,1-2H3. The fourth-order valence-electron chi connectivity index (χ4n) is 2.01. The van der Waals surface area contributed by atoms with Crippen molar-refractivity contribution in [1.82, 2.24) is 10.6 Å². The second kappa shape index (κ2) is 6.39. The van der Waals surface area contributed by atoms with Crippen molar-refractivity contribution in [1.29, 1.82) is 0 Å². The van der Waals surface area contributed by atoms with Crippen molar-refractivity contribution >= 4 is 0 Å². The molecule has 2 heteroatoms. The molecule has 0 radical (unpaired) electrons. The summed E-state index contributed by atoms with van der Waals surface area (Å²) >= 11 is 0. The first kappa shape index (κ1) is 11.0. The number of hydrogen-bond acceptors (Lipinski definition) is 2. The average molecular weight is 184 g/mol. The van der Waals surface area contributed by atoms with E-state index in [1.807, 2.05) is 0 Å². The van der Waals surface area contributed by atoms with Crippen LogP contribution in [0.3, 0.4) is 0 Å². The summed E-state index contributed by atoms with van der Waals surface area (Å²) in [5.41, 5.74) is 0. The van der Waals surface area contributed by atoms with Crippen LogP contribution in [0.15, 0.2) is 0 Å². The summed E-state index contributed by atoms with van der Waals surface area (Å²) < 4.78 is 0. The van der Waals surface area contributed by atoms with Crippen LogP contribution in [-0.2, 0) is 0 Å². The Morgan fingerprint density at radius 2 is 1.77 bits per heavy atom. The van der Waals surface area contributed by atoms with Gasteiger partial charge in [0, 0.05) is 19.1 Å². The Balaban J connectivity index is 1.96. The molecule has 2 N–H and O–H groups in total. The molecule has 0 aromatic heterocycles. The molecule has 0 atom stereocenters. The Labute approximate surface area is 82.5 Å². The van der Waals surface area contributed by atoms with Crippen molar-refractivity contribution in [2.24, 2.45) is 5.92 Å². The zero-order chi connectivity index (χ0) is 9.52. The van der Waals surface area contributed by atoms with Gasteiger partial charge in [-0.1, -0.05) is 13.8 Å². The molecular formula is C11H24N2. The maximum Gasteiger partial charge on any atom is 0.00793 e. The van der Waals surface area contributed by atoms with E-state index in [0.29, 0.717) is 0 Å².